The fraction of sp³-hybridized carbons (Fsp3) is 0.615. The van der Waals surface area contributed by atoms with Crippen molar-refractivity contribution in [2.45, 2.75) is 25.1 Å². The third-order valence-electron chi connectivity index (χ3n) is 4.16. The second-order valence-corrected chi connectivity index (χ2v) is 5.33. The van der Waals surface area contributed by atoms with Crippen molar-refractivity contribution in [3.63, 3.8) is 0 Å². The highest BCUT2D eigenvalue weighted by Crippen LogP contribution is 2.35. The van der Waals surface area contributed by atoms with E-state index in [0.29, 0.717) is 6.54 Å². The molecule has 1 atom stereocenters. The maximum atomic E-state index is 12.8. The average Bonchev–Trinajstić information content (AvgIpc) is 2.93. The minimum atomic E-state index is -4.89. The maximum absolute atomic E-state index is 12.8. The molecule has 0 aromatic carbocycles. The molecule has 0 aliphatic carbocycles. The first-order valence-electron chi connectivity index (χ1n) is 6.63. The number of alkyl halides is 3. The number of fused-ring (bicyclic) bond motifs is 3. The van der Waals surface area contributed by atoms with Crippen molar-refractivity contribution >= 4 is 11.8 Å². The molecule has 3 aliphatic heterocycles. The highest BCUT2D eigenvalue weighted by Gasteiger charge is 2.49. The van der Waals surface area contributed by atoms with Gasteiger partial charge >= 0.3 is 12.1 Å². The molecule has 1 amide bonds. The third-order valence-corrected chi connectivity index (χ3v) is 4.16. The normalized spacial score (nSPS) is 29.4. The lowest BCUT2D eigenvalue weighted by Crippen LogP contribution is -2.60. The number of piperidine rings is 3. The van der Waals surface area contributed by atoms with E-state index in [9.17, 15) is 18.0 Å². The van der Waals surface area contributed by atoms with E-state index in [0.717, 1.165) is 30.8 Å². The summed E-state index contributed by atoms with van der Waals surface area (Å²) < 4.78 is 43.6. The quantitative estimate of drug-likeness (QED) is 0.837. The highest BCUT2D eigenvalue weighted by molar-refractivity contribution is 5.96. The van der Waals surface area contributed by atoms with E-state index in [1.807, 2.05) is 0 Å². The molecule has 1 aromatic heterocycles. The van der Waals surface area contributed by atoms with Crippen molar-refractivity contribution in [3.05, 3.63) is 18.4 Å². The molecular weight excluding hydrogens is 273 g/mol. The van der Waals surface area contributed by atoms with Crippen LogP contribution < -0.4 is 4.90 Å². The molecule has 110 valence electrons. The molecular formula is C13H15F3N2O2. The Labute approximate surface area is 114 Å². The van der Waals surface area contributed by atoms with Crippen LogP contribution in [0.4, 0.5) is 19.1 Å². The molecule has 3 saturated heterocycles. The van der Waals surface area contributed by atoms with Crippen LogP contribution in [-0.4, -0.2) is 42.7 Å². The van der Waals surface area contributed by atoms with E-state index >= 15 is 0 Å². The van der Waals surface area contributed by atoms with Crippen molar-refractivity contribution in [1.82, 2.24) is 4.90 Å². The summed E-state index contributed by atoms with van der Waals surface area (Å²) in [5.41, 5.74) is 0. The van der Waals surface area contributed by atoms with Crippen LogP contribution in [0, 0.1) is 5.92 Å². The van der Waals surface area contributed by atoms with Gasteiger partial charge in [-0.3, -0.25) is 9.69 Å². The largest absolute Gasteiger partial charge is 0.471 e. The fourth-order valence-electron chi connectivity index (χ4n) is 3.18. The van der Waals surface area contributed by atoms with E-state index in [1.165, 1.54) is 18.4 Å². The van der Waals surface area contributed by atoms with Gasteiger partial charge in [0.15, 0.2) is 0 Å². The van der Waals surface area contributed by atoms with Crippen molar-refractivity contribution in [3.8, 4) is 0 Å². The molecule has 20 heavy (non-hydrogen) atoms. The van der Waals surface area contributed by atoms with Gasteiger partial charge in [0.2, 0.25) is 5.88 Å². The molecule has 3 aliphatic rings. The van der Waals surface area contributed by atoms with Crippen LogP contribution >= 0.6 is 0 Å². The number of carbonyl (C=O) groups excluding carboxylic acids is 1. The summed E-state index contributed by atoms with van der Waals surface area (Å²) in [5.74, 6) is -1.76. The van der Waals surface area contributed by atoms with E-state index in [-0.39, 0.29) is 11.8 Å². The summed E-state index contributed by atoms with van der Waals surface area (Å²) in [5, 5.41) is 0. The zero-order chi connectivity index (χ0) is 14.3. The minimum Gasteiger partial charge on any atom is -0.448 e. The van der Waals surface area contributed by atoms with Crippen molar-refractivity contribution in [2.24, 2.45) is 5.92 Å². The fourth-order valence-corrected chi connectivity index (χ4v) is 3.18. The Kier molecular flexibility index (Phi) is 3.24. The Morgan fingerprint density at radius 1 is 1.35 bits per heavy atom. The van der Waals surface area contributed by atoms with Gasteiger partial charge in [0.25, 0.3) is 0 Å². The lowest BCUT2D eigenvalue weighted by Gasteiger charge is -2.48. The Morgan fingerprint density at radius 2 is 2.05 bits per heavy atom. The first kappa shape index (κ1) is 13.5. The van der Waals surface area contributed by atoms with Crippen molar-refractivity contribution in [1.29, 1.82) is 0 Å². The summed E-state index contributed by atoms with van der Waals surface area (Å²) in [6.07, 6.45) is -1.95. The predicted octanol–water partition coefficient (Wildman–Crippen LogP) is 2.27. The Bertz CT molecular complexity index is 478. The first-order chi connectivity index (χ1) is 9.47. The molecule has 4 nitrogen and oxygen atoms in total. The van der Waals surface area contributed by atoms with E-state index in [2.05, 4.69) is 4.90 Å². The second kappa shape index (κ2) is 4.80. The van der Waals surface area contributed by atoms with Crippen LogP contribution in [-0.2, 0) is 4.79 Å². The SMILES string of the molecule is O=C(N(c1ccco1)[C@H]1CN2CCC1CC2)C(F)(F)F. The third kappa shape index (κ3) is 2.30. The van der Waals surface area contributed by atoms with Gasteiger partial charge in [0.05, 0.1) is 12.3 Å². The minimum absolute atomic E-state index is 0.0222. The number of halogens is 3. The standard InChI is InChI=1S/C13H15F3N2O2/c14-13(15,16)12(19)18(11-2-1-7-20-11)10-8-17-5-3-9(10)4-6-17/h1-2,7,9-10H,3-6,8H2/t10-/m0/s1. The maximum Gasteiger partial charge on any atom is 0.471 e. The number of nitrogens with zero attached hydrogens (tertiary/aromatic N) is 2. The molecule has 0 unspecified atom stereocenters. The highest BCUT2D eigenvalue weighted by atomic mass is 19.4. The van der Waals surface area contributed by atoms with E-state index in [4.69, 9.17) is 4.42 Å². The number of hydrogen-bond donors (Lipinski definition) is 0. The molecule has 4 heterocycles. The lowest BCUT2D eigenvalue weighted by atomic mass is 9.83. The molecule has 3 fully saturated rings. The summed E-state index contributed by atoms with van der Waals surface area (Å²) in [6, 6.07) is 2.44. The first-order valence-corrected chi connectivity index (χ1v) is 6.63. The molecule has 2 bridgehead atoms. The summed E-state index contributed by atoms with van der Waals surface area (Å²) in [7, 11) is 0. The number of hydrogen-bond acceptors (Lipinski definition) is 3. The Hall–Kier alpha value is -1.50. The van der Waals surface area contributed by atoms with Crippen LogP contribution in [0.2, 0.25) is 0 Å². The molecule has 0 radical (unpaired) electrons. The topological polar surface area (TPSA) is 36.7 Å². The van der Waals surface area contributed by atoms with Crippen LogP contribution in [0.15, 0.2) is 22.8 Å². The van der Waals surface area contributed by atoms with Gasteiger partial charge in [0, 0.05) is 12.6 Å². The number of amides is 1. The number of furan rings is 1. The van der Waals surface area contributed by atoms with Crippen LogP contribution in [0.25, 0.3) is 0 Å². The second-order valence-electron chi connectivity index (χ2n) is 5.33. The zero-order valence-corrected chi connectivity index (χ0v) is 10.8. The van der Waals surface area contributed by atoms with Gasteiger partial charge < -0.3 is 9.32 Å². The lowest BCUT2D eigenvalue weighted by molar-refractivity contribution is -0.172. The van der Waals surface area contributed by atoms with Gasteiger partial charge in [-0.05, 0) is 37.9 Å². The van der Waals surface area contributed by atoms with Crippen LogP contribution in [0.1, 0.15) is 12.8 Å². The van der Waals surface area contributed by atoms with Gasteiger partial charge in [0.1, 0.15) is 0 Å². The number of carbonyl (C=O) groups is 1. The van der Waals surface area contributed by atoms with Crippen molar-refractivity contribution < 1.29 is 22.4 Å². The van der Waals surface area contributed by atoms with E-state index in [1.54, 1.807) is 0 Å². The van der Waals surface area contributed by atoms with Crippen LogP contribution in [0.5, 0.6) is 0 Å². The number of anilines is 1. The smallest absolute Gasteiger partial charge is 0.448 e. The molecule has 0 N–H and O–H groups in total. The van der Waals surface area contributed by atoms with Crippen LogP contribution in [0.3, 0.4) is 0 Å². The average molecular weight is 288 g/mol. The van der Waals surface area contributed by atoms with Gasteiger partial charge in [-0.2, -0.15) is 13.2 Å². The Balaban J connectivity index is 1.92. The molecule has 4 rings (SSSR count). The molecule has 0 spiro atoms. The molecule has 7 heteroatoms. The zero-order valence-electron chi connectivity index (χ0n) is 10.8. The molecule has 0 saturated carbocycles. The monoisotopic (exact) mass is 288 g/mol. The van der Waals surface area contributed by atoms with Gasteiger partial charge in [-0.15, -0.1) is 0 Å². The van der Waals surface area contributed by atoms with Crippen molar-refractivity contribution in [2.75, 3.05) is 24.5 Å². The van der Waals surface area contributed by atoms with Gasteiger partial charge in [-0.25, -0.2) is 0 Å². The summed E-state index contributed by atoms with van der Waals surface area (Å²) in [6.45, 7) is 2.27. The predicted molar refractivity (Wildman–Crippen MR) is 65.2 cm³/mol. The summed E-state index contributed by atoms with van der Waals surface area (Å²) in [4.78, 5) is 14.7. The summed E-state index contributed by atoms with van der Waals surface area (Å²) >= 11 is 0. The molecule has 1 aromatic rings. The number of rotatable bonds is 2. The van der Waals surface area contributed by atoms with E-state index < -0.39 is 18.1 Å². The Morgan fingerprint density at radius 3 is 2.50 bits per heavy atom. The van der Waals surface area contributed by atoms with Gasteiger partial charge in [-0.1, -0.05) is 0 Å².